The van der Waals surface area contributed by atoms with Gasteiger partial charge in [-0.15, -0.1) is 0 Å². The van der Waals surface area contributed by atoms with E-state index in [-0.39, 0.29) is 0 Å². The molecule has 1 aromatic heterocycles. The van der Waals surface area contributed by atoms with E-state index in [4.69, 9.17) is 16.7 Å². The lowest BCUT2D eigenvalue weighted by atomic mass is 10.1. The molecule has 0 aliphatic carbocycles. The molecule has 0 unspecified atom stereocenters. The van der Waals surface area contributed by atoms with Crippen molar-refractivity contribution < 1.29 is 9.90 Å². The van der Waals surface area contributed by atoms with Crippen LogP contribution in [0, 0.1) is 0 Å². The van der Waals surface area contributed by atoms with E-state index >= 15 is 0 Å². The third-order valence-electron chi connectivity index (χ3n) is 2.06. The number of hydrogen-bond donors (Lipinski definition) is 2. The Hall–Kier alpha value is -2.14. The normalized spacial score (nSPS) is 9.94. The number of amides is 1. The average molecular weight is 250 g/mol. The van der Waals surface area contributed by atoms with Gasteiger partial charge in [-0.05, 0) is 18.2 Å². The van der Waals surface area contributed by atoms with Crippen molar-refractivity contribution in [3.63, 3.8) is 0 Å². The van der Waals surface area contributed by atoms with Crippen molar-refractivity contribution in [1.29, 1.82) is 0 Å². The highest BCUT2D eigenvalue weighted by molar-refractivity contribution is 6.33. The summed E-state index contributed by atoms with van der Waals surface area (Å²) < 4.78 is 0. The van der Waals surface area contributed by atoms with E-state index in [9.17, 15) is 4.79 Å². The molecule has 1 amide bonds. The predicted octanol–water partition coefficient (Wildman–Crippen LogP) is 2.89. The van der Waals surface area contributed by atoms with Crippen molar-refractivity contribution in [2.24, 2.45) is 0 Å². The lowest BCUT2D eigenvalue weighted by Gasteiger charge is -2.06. The van der Waals surface area contributed by atoms with Gasteiger partial charge in [-0.1, -0.05) is 11.6 Å². The number of nitrogens with one attached hydrogen (secondary N) is 1. The highest BCUT2D eigenvalue weighted by atomic mass is 35.5. The van der Waals surface area contributed by atoms with Crippen molar-refractivity contribution in [3.8, 4) is 11.3 Å². The molecule has 86 valence electrons. The molecular formula is C11H8ClN3O2. The number of hydrogen-bond acceptors (Lipinski definition) is 3. The van der Waals surface area contributed by atoms with Crippen LogP contribution in [0.25, 0.3) is 11.3 Å². The summed E-state index contributed by atoms with van der Waals surface area (Å²) in [5.41, 5.74) is 1.75. The molecule has 2 N–H and O–H groups in total. The molecule has 5 nitrogen and oxygen atoms in total. The SMILES string of the molecule is O=C(O)Nc1ccc(-c2cnccn2)c(Cl)c1. The van der Waals surface area contributed by atoms with Gasteiger partial charge >= 0.3 is 6.09 Å². The highest BCUT2D eigenvalue weighted by Crippen LogP contribution is 2.28. The largest absolute Gasteiger partial charge is 0.465 e. The number of nitrogens with zero attached hydrogens (tertiary/aromatic N) is 2. The van der Waals surface area contributed by atoms with E-state index in [0.29, 0.717) is 22.0 Å². The summed E-state index contributed by atoms with van der Waals surface area (Å²) in [5.74, 6) is 0. The van der Waals surface area contributed by atoms with E-state index in [2.05, 4.69) is 15.3 Å². The molecule has 0 spiro atoms. The van der Waals surface area contributed by atoms with E-state index in [0.717, 1.165) is 0 Å². The van der Waals surface area contributed by atoms with Gasteiger partial charge in [0.2, 0.25) is 0 Å². The Bertz CT molecular complexity index is 546. The second kappa shape index (κ2) is 4.80. The summed E-state index contributed by atoms with van der Waals surface area (Å²) in [7, 11) is 0. The smallest absolute Gasteiger partial charge is 0.409 e. The summed E-state index contributed by atoms with van der Waals surface area (Å²) >= 11 is 6.05. The Morgan fingerprint density at radius 2 is 2.18 bits per heavy atom. The standard InChI is InChI=1S/C11H8ClN3O2/c12-9-5-7(15-11(16)17)1-2-8(9)10-6-13-3-4-14-10/h1-6,15H,(H,16,17). The first-order chi connectivity index (χ1) is 8.16. The first-order valence-corrected chi connectivity index (χ1v) is 5.10. The molecule has 0 saturated carbocycles. The molecule has 0 aliphatic heterocycles. The molecule has 1 aromatic carbocycles. The fraction of sp³-hybridized carbons (Fsp3) is 0. The van der Waals surface area contributed by atoms with Crippen LogP contribution in [0.1, 0.15) is 0 Å². The zero-order chi connectivity index (χ0) is 12.3. The fourth-order valence-corrected chi connectivity index (χ4v) is 1.64. The fourth-order valence-electron chi connectivity index (χ4n) is 1.36. The molecule has 1 heterocycles. The minimum absolute atomic E-state index is 0.412. The molecule has 0 fully saturated rings. The lowest BCUT2D eigenvalue weighted by molar-refractivity contribution is 0.210. The minimum Gasteiger partial charge on any atom is -0.465 e. The quantitative estimate of drug-likeness (QED) is 0.858. The maximum absolute atomic E-state index is 10.5. The van der Waals surface area contributed by atoms with Crippen LogP contribution in [-0.2, 0) is 0 Å². The summed E-state index contributed by atoms with van der Waals surface area (Å²) in [6.45, 7) is 0. The van der Waals surface area contributed by atoms with Crippen molar-refractivity contribution in [3.05, 3.63) is 41.8 Å². The Morgan fingerprint density at radius 1 is 1.35 bits per heavy atom. The molecule has 2 aromatic rings. The van der Waals surface area contributed by atoms with Crippen LogP contribution >= 0.6 is 11.6 Å². The summed E-state index contributed by atoms with van der Waals surface area (Å²) in [6.07, 6.45) is 3.59. The topological polar surface area (TPSA) is 75.1 Å². The Morgan fingerprint density at radius 3 is 2.76 bits per heavy atom. The van der Waals surface area contributed by atoms with Gasteiger partial charge in [0.1, 0.15) is 0 Å². The number of rotatable bonds is 2. The second-order valence-electron chi connectivity index (χ2n) is 3.22. The maximum atomic E-state index is 10.5. The third kappa shape index (κ3) is 2.70. The second-order valence-corrected chi connectivity index (χ2v) is 3.62. The number of aromatic nitrogens is 2. The van der Waals surface area contributed by atoms with E-state index in [1.54, 1.807) is 30.7 Å². The van der Waals surface area contributed by atoms with Gasteiger partial charge in [0.15, 0.2) is 0 Å². The first-order valence-electron chi connectivity index (χ1n) is 4.72. The molecule has 0 radical (unpaired) electrons. The summed E-state index contributed by atoms with van der Waals surface area (Å²) in [5, 5.41) is 11.2. The molecule has 17 heavy (non-hydrogen) atoms. The van der Waals surface area contributed by atoms with Gasteiger partial charge in [0.25, 0.3) is 0 Å². The number of benzene rings is 1. The van der Waals surface area contributed by atoms with Crippen molar-refractivity contribution >= 4 is 23.4 Å². The molecule has 6 heteroatoms. The maximum Gasteiger partial charge on any atom is 0.409 e. The monoisotopic (exact) mass is 249 g/mol. The van der Waals surface area contributed by atoms with Gasteiger partial charge < -0.3 is 5.11 Å². The third-order valence-corrected chi connectivity index (χ3v) is 2.37. The zero-order valence-electron chi connectivity index (χ0n) is 8.59. The lowest BCUT2D eigenvalue weighted by Crippen LogP contribution is -2.06. The molecule has 0 bridgehead atoms. The van der Waals surface area contributed by atoms with Crippen LogP contribution in [-0.4, -0.2) is 21.2 Å². The van der Waals surface area contributed by atoms with Crippen LogP contribution < -0.4 is 5.32 Å². The predicted molar refractivity (Wildman–Crippen MR) is 64.1 cm³/mol. The Kier molecular flexibility index (Phi) is 3.20. The van der Waals surface area contributed by atoms with Crippen LogP contribution in [0.4, 0.5) is 10.5 Å². The molecule has 0 aliphatic rings. The van der Waals surface area contributed by atoms with Crippen LogP contribution in [0.15, 0.2) is 36.8 Å². The van der Waals surface area contributed by atoms with Crippen LogP contribution in [0.2, 0.25) is 5.02 Å². The zero-order valence-corrected chi connectivity index (χ0v) is 9.35. The number of carboxylic acid groups (broad SMARTS) is 1. The van der Waals surface area contributed by atoms with Crippen molar-refractivity contribution in [1.82, 2.24) is 9.97 Å². The number of carbonyl (C=O) groups is 1. The summed E-state index contributed by atoms with van der Waals surface area (Å²) in [4.78, 5) is 18.5. The van der Waals surface area contributed by atoms with Gasteiger partial charge in [-0.2, -0.15) is 0 Å². The van der Waals surface area contributed by atoms with Crippen LogP contribution in [0.3, 0.4) is 0 Å². The first kappa shape index (κ1) is 11.3. The summed E-state index contributed by atoms with van der Waals surface area (Å²) in [6, 6.07) is 4.83. The van der Waals surface area contributed by atoms with E-state index in [1.807, 2.05) is 0 Å². The molecule has 0 atom stereocenters. The Labute approximate surface area is 102 Å². The van der Waals surface area contributed by atoms with Gasteiger partial charge in [0.05, 0.1) is 16.9 Å². The van der Waals surface area contributed by atoms with Crippen molar-refractivity contribution in [2.75, 3.05) is 5.32 Å². The van der Waals surface area contributed by atoms with Gasteiger partial charge in [-0.25, -0.2) is 4.79 Å². The molecule has 2 rings (SSSR count). The van der Waals surface area contributed by atoms with Gasteiger partial charge in [0, 0.05) is 23.6 Å². The Balaban J connectivity index is 2.35. The molecule has 0 saturated heterocycles. The van der Waals surface area contributed by atoms with E-state index in [1.165, 1.54) is 6.07 Å². The number of anilines is 1. The molecular weight excluding hydrogens is 242 g/mol. The number of halogens is 1. The highest BCUT2D eigenvalue weighted by Gasteiger charge is 2.06. The van der Waals surface area contributed by atoms with Crippen molar-refractivity contribution in [2.45, 2.75) is 0 Å². The van der Waals surface area contributed by atoms with Gasteiger partial charge in [-0.3, -0.25) is 15.3 Å². The minimum atomic E-state index is -1.13. The average Bonchev–Trinajstić information content (AvgIpc) is 2.29. The van der Waals surface area contributed by atoms with Crippen LogP contribution in [0.5, 0.6) is 0 Å². The van der Waals surface area contributed by atoms with E-state index < -0.39 is 6.09 Å².